The molecule has 0 spiro atoms. The summed E-state index contributed by atoms with van der Waals surface area (Å²) in [4.78, 5) is 19.0. The van der Waals surface area contributed by atoms with Crippen LogP contribution in [0.1, 0.15) is 22.3 Å². The van der Waals surface area contributed by atoms with Gasteiger partial charge in [-0.1, -0.05) is 0 Å². The van der Waals surface area contributed by atoms with Gasteiger partial charge >= 0.3 is 0 Å². The van der Waals surface area contributed by atoms with Crippen LogP contribution < -0.4 is 5.32 Å². The Hall–Kier alpha value is -0.360. The maximum Gasteiger partial charge on any atom is 0.266 e. The average Bonchev–Trinajstić information content (AvgIpc) is 2.64. The number of nitrogens with zero attached hydrogens (tertiary/aromatic N) is 2. The number of rotatable bonds is 1. The molecule has 1 aliphatic rings. The van der Waals surface area contributed by atoms with E-state index in [0.29, 0.717) is 0 Å². The minimum Gasteiger partial charge on any atom is -0.333 e. The largest absolute Gasteiger partial charge is 0.333 e. The summed E-state index contributed by atoms with van der Waals surface area (Å²) in [5, 5.41) is 3.27. The summed E-state index contributed by atoms with van der Waals surface area (Å²) >= 11 is 1.43. The maximum atomic E-state index is 12.2. The first-order chi connectivity index (χ1) is 7.20. The van der Waals surface area contributed by atoms with Gasteiger partial charge in [0.25, 0.3) is 5.91 Å². The molecule has 1 aliphatic heterocycles. The second-order valence-corrected chi connectivity index (χ2v) is 4.67. The van der Waals surface area contributed by atoms with Crippen molar-refractivity contribution in [3.8, 4) is 0 Å². The molecule has 1 atom stereocenters. The highest BCUT2D eigenvalue weighted by atomic mass is 35.5. The van der Waals surface area contributed by atoms with E-state index in [1.807, 2.05) is 11.8 Å². The minimum absolute atomic E-state index is 0. The number of carbonyl (C=O) groups is 1. The van der Waals surface area contributed by atoms with Crippen LogP contribution in [0.25, 0.3) is 0 Å². The Bertz CT molecular complexity index is 372. The third-order valence-electron chi connectivity index (χ3n) is 2.70. The summed E-state index contributed by atoms with van der Waals surface area (Å²) in [5.74, 6) is 0.129. The quantitative estimate of drug-likeness (QED) is 0.859. The molecule has 4 nitrogen and oxygen atoms in total. The smallest absolute Gasteiger partial charge is 0.266 e. The molecule has 1 fully saturated rings. The van der Waals surface area contributed by atoms with Gasteiger partial charge in [0.2, 0.25) is 0 Å². The molecule has 1 saturated heterocycles. The third-order valence-corrected chi connectivity index (χ3v) is 3.62. The van der Waals surface area contributed by atoms with E-state index in [1.54, 1.807) is 5.51 Å². The summed E-state index contributed by atoms with van der Waals surface area (Å²) in [5.41, 5.74) is 2.57. The molecule has 0 radical (unpaired) electrons. The van der Waals surface area contributed by atoms with Crippen LogP contribution in [0.3, 0.4) is 0 Å². The van der Waals surface area contributed by atoms with Gasteiger partial charge in [-0.25, -0.2) is 4.98 Å². The highest BCUT2D eigenvalue weighted by Crippen LogP contribution is 2.17. The Kier molecular flexibility index (Phi) is 7.01. The lowest BCUT2D eigenvalue weighted by Crippen LogP contribution is -2.52. The SMILES string of the molecule is Cc1ncsc1C(=O)N1CCNC[C@@H]1C.Cl.Cl. The van der Waals surface area contributed by atoms with Crippen molar-refractivity contribution in [2.75, 3.05) is 19.6 Å². The zero-order chi connectivity index (χ0) is 10.8. The Balaban J connectivity index is 0.00000128. The van der Waals surface area contributed by atoms with Gasteiger partial charge in [0, 0.05) is 25.7 Å². The third kappa shape index (κ3) is 3.55. The molecule has 2 rings (SSSR count). The van der Waals surface area contributed by atoms with Crippen molar-refractivity contribution in [3.63, 3.8) is 0 Å². The topological polar surface area (TPSA) is 45.2 Å². The standard InChI is InChI=1S/C10H15N3OS.2ClH/c1-7-5-11-3-4-13(7)10(14)9-8(2)12-6-15-9;;/h6-7,11H,3-5H2,1-2H3;2*1H/t7-;;/m0../s1. The zero-order valence-electron chi connectivity index (χ0n) is 9.80. The molecule has 1 aromatic rings. The van der Waals surface area contributed by atoms with Gasteiger partial charge in [0.15, 0.2) is 0 Å². The number of thiazole rings is 1. The molecule has 2 heterocycles. The highest BCUT2D eigenvalue weighted by Gasteiger charge is 2.25. The van der Waals surface area contributed by atoms with Crippen molar-refractivity contribution in [2.45, 2.75) is 19.9 Å². The van der Waals surface area contributed by atoms with Gasteiger partial charge in [-0.05, 0) is 13.8 Å². The van der Waals surface area contributed by atoms with Crippen molar-refractivity contribution in [1.82, 2.24) is 15.2 Å². The second kappa shape index (κ2) is 7.16. The van der Waals surface area contributed by atoms with E-state index < -0.39 is 0 Å². The zero-order valence-corrected chi connectivity index (χ0v) is 12.3. The van der Waals surface area contributed by atoms with Gasteiger partial charge < -0.3 is 10.2 Å². The van der Waals surface area contributed by atoms with Gasteiger partial charge in [-0.3, -0.25) is 4.79 Å². The van der Waals surface area contributed by atoms with Crippen LogP contribution in [-0.4, -0.2) is 41.5 Å². The van der Waals surface area contributed by atoms with Crippen molar-refractivity contribution in [1.29, 1.82) is 0 Å². The van der Waals surface area contributed by atoms with Crippen LogP contribution in [0.5, 0.6) is 0 Å². The molecule has 7 heteroatoms. The number of hydrogen-bond acceptors (Lipinski definition) is 4. The van der Waals surface area contributed by atoms with Crippen LogP contribution in [0.4, 0.5) is 0 Å². The summed E-state index contributed by atoms with van der Waals surface area (Å²) in [6.45, 7) is 6.51. The minimum atomic E-state index is 0. The number of aromatic nitrogens is 1. The Morgan fingerprint density at radius 2 is 2.29 bits per heavy atom. The molecule has 1 aromatic heterocycles. The second-order valence-electron chi connectivity index (χ2n) is 3.82. The van der Waals surface area contributed by atoms with E-state index in [9.17, 15) is 4.79 Å². The Morgan fingerprint density at radius 1 is 1.59 bits per heavy atom. The molecule has 0 bridgehead atoms. The Labute approximate surface area is 118 Å². The van der Waals surface area contributed by atoms with Crippen LogP contribution in [0, 0.1) is 6.92 Å². The Morgan fingerprint density at radius 3 is 2.82 bits per heavy atom. The lowest BCUT2D eigenvalue weighted by molar-refractivity contribution is 0.0660. The molecule has 0 saturated carbocycles. The number of piperazine rings is 1. The fraction of sp³-hybridized carbons (Fsp3) is 0.600. The van der Waals surface area contributed by atoms with E-state index in [1.165, 1.54) is 11.3 Å². The molecule has 17 heavy (non-hydrogen) atoms. The fourth-order valence-electron chi connectivity index (χ4n) is 1.78. The number of aryl methyl sites for hydroxylation is 1. The highest BCUT2D eigenvalue weighted by molar-refractivity contribution is 7.11. The lowest BCUT2D eigenvalue weighted by atomic mass is 10.2. The predicted octanol–water partition coefficient (Wildman–Crippen LogP) is 1.73. The number of carbonyl (C=O) groups excluding carboxylic acids is 1. The first-order valence-corrected chi connectivity index (χ1v) is 6.00. The number of nitrogens with one attached hydrogen (secondary N) is 1. The van der Waals surface area contributed by atoms with E-state index in [2.05, 4.69) is 17.2 Å². The molecule has 1 amide bonds. The van der Waals surface area contributed by atoms with Crippen LogP contribution >= 0.6 is 36.2 Å². The molecule has 0 unspecified atom stereocenters. The van der Waals surface area contributed by atoms with Crippen molar-refractivity contribution in [2.24, 2.45) is 0 Å². The lowest BCUT2D eigenvalue weighted by Gasteiger charge is -2.33. The molecule has 98 valence electrons. The first-order valence-electron chi connectivity index (χ1n) is 5.12. The number of amides is 1. The summed E-state index contributed by atoms with van der Waals surface area (Å²) in [6, 6.07) is 0.271. The molecular weight excluding hydrogens is 281 g/mol. The van der Waals surface area contributed by atoms with Crippen molar-refractivity contribution >= 4 is 42.1 Å². The van der Waals surface area contributed by atoms with Crippen LogP contribution in [-0.2, 0) is 0 Å². The van der Waals surface area contributed by atoms with Gasteiger partial charge in [-0.15, -0.1) is 36.2 Å². The summed E-state index contributed by atoms with van der Waals surface area (Å²) in [6.07, 6.45) is 0. The normalized spacial score (nSPS) is 19.2. The van der Waals surface area contributed by atoms with Crippen molar-refractivity contribution in [3.05, 3.63) is 16.1 Å². The summed E-state index contributed by atoms with van der Waals surface area (Å²) < 4.78 is 0. The number of hydrogen-bond donors (Lipinski definition) is 1. The van der Waals surface area contributed by atoms with Crippen LogP contribution in [0.2, 0.25) is 0 Å². The molecule has 0 aliphatic carbocycles. The fourth-order valence-corrected chi connectivity index (χ4v) is 2.54. The van der Waals surface area contributed by atoms with Gasteiger partial charge in [0.05, 0.1) is 11.2 Å². The van der Waals surface area contributed by atoms with E-state index in [4.69, 9.17) is 0 Å². The molecule has 0 aromatic carbocycles. The van der Waals surface area contributed by atoms with Crippen LogP contribution in [0.15, 0.2) is 5.51 Å². The van der Waals surface area contributed by atoms with E-state index >= 15 is 0 Å². The first kappa shape index (κ1) is 16.6. The molecular formula is C10H17Cl2N3OS. The summed E-state index contributed by atoms with van der Waals surface area (Å²) in [7, 11) is 0. The predicted molar refractivity (Wildman–Crippen MR) is 74.7 cm³/mol. The monoisotopic (exact) mass is 297 g/mol. The van der Waals surface area contributed by atoms with E-state index in [0.717, 1.165) is 30.2 Å². The number of halogens is 2. The maximum absolute atomic E-state index is 12.2. The average molecular weight is 298 g/mol. The van der Waals surface area contributed by atoms with Gasteiger partial charge in [0.1, 0.15) is 4.88 Å². The molecule has 1 N–H and O–H groups in total. The van der Waals surface area contributed by atoms with Gasteiger partial charge in [-0.2, -0.15) is 0 Å². The van der Waals surface area contributed by atoms with E-state index in [-0.39, 0.29) is 36.8 Å². The van der Waals surface area contributed by atoms with Crippen molar-refractivity contribution < 1.29 is 4.79 Å².